The summed E-state index contributed by atoms with van der Waals surface area (Å²) in [5.74, 6) is 0.0364. The number of piperazine rings is 1. The van der Waals surface area contributed by atoms with Crippen molar-refractivity contribution in [1.82, 2.24) is 9.21 Å². The summed E-state index contributed by atoms with van der Waals surface area (Å²) in [5.41, 5.74) is 2.53. The molecule has 11 heteroatoms. The first-order valence-corrected chi connectivity index (χ1v) is 15.5. The fourth-order valence-electron chi connectivity index (χ4n) is 4.62. The van der Waals surface area contributed by atoms with Crippen LogP contribution in [0.4, 0.5) is 5.69 Å². The molecule has 0 aromatic heterocycles. The Bertz CT molecular complexity index is 1650. The molecule has 39 heavy (non-hydrogen) atoms. The standard InChI is InChI=1S/C28H30N4O5S2/c1-28(2,3)21-10-14-23(15-11-21)39(36,37)32-18-16-31(17-19-32)27(33)20-8-12-22(13-9-20)29-26-24-6-4-5-7-25(24)38(34,35)30-26/h4-15H,16-19H2,1-3H3,(H,29,30). The molecule has 2 aliphatic rings. The number of hydrogen-bond acceptors (Lipinski definition) is 6. The minimum absolute atomic E-state index is 0.0701. The monoisotopic (exact) mass is 566 g/mol. The van der Waals surface area contributed by atoms with Crippen molar-refractivity contribution in [3.05, 3.63) is 89.5 Å². The Morgan fingerprint density at radius 1 is 0.872 bits per heavy atom. The lowest BCUT2D eigenvalue weighted by atomic mass is 9.87. The Kier molecular flexibility index (Phi) is 6.86. The van der Waals surface area contributed by atoms with Crippen LogP contribution in [0.2, 0.25) is 0 Å². The average Bonchev–Trinajstić information content (AvgIpc) is 3.18. The third-order valence-electron chi connectivity index (χ3n) is 6.91. The largest absolute Gasteiger partial charge is 0.339 e. The molecular weight excluding hydrogens is 536 g/mol. The number of fused-ring (bicyclic) bond motifs is 1. The van der Waals surface area contributed by atoms with Gasteiger partial charge in [-0.25, -0.2) is 8.42 Å². The molecule has 3 aromatic rings. The van der Waals surface area contributed by atoms with Crippen molar-refractivity contribution in [2.75, 3.05) is 31.5 Å². The Hall–Kier alpha value is -3.54. The fourth-order valence-corrected chi connectivity index (χ4v) is 7.22. The number of nitrogens with zero attached hydrogens (tertiary/aromatic N) is 3. The highest BCUT2D eigenvalue weighted by atomic mass is 32.2. The highest BCUT2D eigenvalue weighted by molar-refractivity contribution is 7.90. The predicted molar refractivity (Wildman–Crippen MR) is 150 cm³/mol. The second kappa shape index (κ2) is 9.89. The van der Waals surface area contributed by atoms with Crippen LogP contribution in [-0.2, 0) is 25.5 Å². The van der Waals surface area contributed by atoms with Crippen LogP contribution in [0.1, 0.15) is 42.3 Å². The summed E-state index contributed by atoms with van der Waals surface area (Å²) >= 11 is 0. The quantitative estimate of drug-likeness (QED) is 0.515. The maximum Gasteiger partial charge on any atom is 0.285 e. The van der Waals surface area contributed by atoms with Crippen LogP contribution in [0, 0.1) is 0 Å². The van der Waals surface area contributed by atoms with Crippen molar-refractivity contribution >= 4 is 37.5 Å². The lowest BCUT2D eigenvalue weighted by Crippen LogP contribution is -2.50. The molecule has 2 heterocycles. The molecule has 9 nitrogen and oxygen atoms in total. The molecule has 1 amide bonds. The molecule has 1 N–H and O–H groups in total. The van der Waals surface area contributed by atoms with Gasteiger partial charge in [-0.2, -0.15) is 12.7 Å². The Balaban J connectivity index is 1.21. The van der Waals surface area contributed by atoms with Crippen LogP contribution in [-0.4, -0.2) is 64.0 Å². The van der Waals surface area contributed by atoms with Gasteiger partial charge in [0.2, 0.25) is 10.0 Å². The third-order valence-corrected chi connectivity index (χ3v) is 10.2. The molecule has 0 saturated carbocycles. The minimum Gasteiger partial charge on any atom is -0.339 e. The van der Waals surface area contributed by atoms with Crippen molar-refractivity contribution in [3.8, 4) is 0 Å². The molecule has 2 aliphatic heterocycles. The number of carbonyl (C=O) groups excluding carboxylic acids is 1. The number of nitrogens with one attached hydrogen (secondary N) is 1. The lowest BCUT2D eigenvalue weighted by Gasteiger charge is -2.34. The first-order valence-electron chi connectivity index (χ1n) is 12.6. The van der Waals surface area contributed by atoms with Gasteiger partial charge in [-0.15, -0.1) is 4.40 Å². The summed E-state index contributed by atoms with van der Waals surface area (Å²) in [5, 5.41) is 3.02. The highest BCUT2D eigenvalue weighted by Crippen LogP contribution is 2.28. The van der Waals surface area contributed by atoms with E-state index in [2.05, 4.69) is 30.5 Å². The number of anilines is 1. The van der Waals surface area contributed by atoms with Gasteiger partial charge < -0.3 is 10.2 Å². The van der Waals surface area contributed by atoms with Gasteiger partial charge in [0.15, 0.2) is 5.84 Å². The number of hydrogen-bond donors (Lipinski definition) is 1. The lowest BCUT2D eigenvalue weighted by molar-refractivity contribution is 0.0698. The Labute approximate surface area is 229 Å². The van der Waals surface area contributed by atoms with Gasteiger partial charge in [-0.1, -0.05) is 45.0 Å². The second-order valence-corrected chi connectivity index (χ2v) is 14.1. The molecule has 0 bridgehead atoms. The fraction of sp³-hybridized carbons (Fsp3) is 0.286. The average molecular weight is 567 g/mol. The van der Waals surface area contributed by atoms with Crippen LogP contribution in [0.5, 0.6) is 0 Å². The topological polar surface area (TPSA) is 116 Å². The number of sulfonamides is 2. The van der Waals surface area contributed by atoms with Gasteiger partial charge in [0, 0.05) is 43.0 Å². The van der Waals surface area contributed by atoms with Crippen molar-refractivity contribution < 1.29 is 21.6 Å². The van der Waals surface area contributed by atoms with E-state index in [0.29, 0.717) is 16.8 Å². The molecule has 3 aromatic carbocycles. The van der Waals surface area contributed by atoms with E-state index in [1.54, 1.807) is 59.5 Å². The van der Waals surface area contributed by atoms with E-state index < -0.39 is 20.0 Å². The van der Waals surface area contributed by atoms with Gasteiger partial charge in [-0.05, 0) is 59.5 Å². The van der Waals surface area contributed by atoms with Crippen molar-refractivity contribution in [1.29, 1.82) is 0 Å². The molecular formula is C28H30N4O5S2. The van der Waals surface area contributed by atoms with E-state index in [-0.39, 0.29) is 53.1 Å². The maximum absolute atomic E-state index is 13.2. The Morgan fingerprint density at radius 3 is 2.10 bits per heavy atom. The van der Waals surface area contributed by atoms with Gasteiger partial charge >= 0.3 is 0 Å². The molecule has 0 aliphatic carbocycles. The zero-order chi connectivity index (χ0) is 28.0. The number of rotatable bonds is 4. The van der Waals surface area contributed by atoms with E-state index in [1.807, 2.05) is 12.1 Å². The van der Waals surface area contributed by atoms with E-state index in [1.165, 1.54) is 10.4 Å². The molecule has 0 radical (unpaired) electrons. The third kappa shape index (κ3) is 5.34. The number of carbonyl (C=O) groups is 1. The maximum atomic E-state index is 13.2. The number of benzene rings is 3. The smallest absolute Gasteiger partial charge is 0.285 e. The van der Waals surface area contributed by atoms with Crippen LogP contribution < -0.4 is 5.32 Å². The predicted octanol–water partition coefficient (Wildman–Crippen LogP) is 3.69. The summed E-state index contributed by atoms with van der Waals surface area (Å²) in [6.07, 6.45) is 0. The molecule has 1 fully saturated rings. The Morgan fingerprint density at radius 2 is 1.49 bits per heavy atom. The van der Waals surface area contributed by atoms with E-state index >= 15 is 0 Å². The first kappa shape index (κ1) is 27.0. The van der Waals surface area contributed by atoms with E-state index in [9.17, 15) is 21.6 Å². The molecule has 0 unspecified atom stereocenters. The zero-order valence-electron chi connectivity index (χ0n) is 22.0. The van der Waals surface area contributed by atoms with Crippen LogP contribution in [0.3, 0.4) is 0 Å². The molecule has 5 rings (SSSR count). The van der Waals surface area contributed by atoms with Crippen LogP contribution >= 0.6 is 0 Å². The van der Waals surface area contributed by atoms with Gasteiger partial charge in [0.1, 0.15) is 4.90 Å². The van der Waals surface area contributed by atoms with Crippen molar-refractivity contribution in [2.45, 2.75) is 36.0 Å². The minimum atomic E-state index is -3.73. The van der Waals surface area contributed by atoms with E-state index in [4.69, 9.17) is 0 Å². The summed E-state index contributed by atoms with van der Waals surface area (Å²) in [4.78, 5) is 15.1. The number of amidine groups is 1. The summed E-state index contributed by atoms with van der Waals surface area (Å²) in [6, 6.07) is 20.3. The van der Waals surface area contributed by atoms with Crippen molar-refractivity contribution in [2.24, 2.45) is 4.40 Å². The first-order chi connectivity index (χ1) is 18.4. The SMILES string of the molecule is CC(C)(C)c1ccc(S(=O)(=O)N2CCN(C(=O)c3ccc(NC4=NS(=O)(=O)c5ccccc54)cc3)CC2)cc1. The van der Waals surface area contributed by atoms with Crippen molar-refractivity contribution in [3.63, 3.8) is 0 Å². The molecule has 0 spiro atoms. The highest BCUT2D eigenvalue weighted by Gasteiger charge is 2.31. The van der Waals surface area contributed by atoms with Crippen LogP contribution in [0.25, 0.3) is 0 Å². The second-order valence-electron chi connectivity index (χ2n) is 10.6. The molecule has 0 atom stereocenters. The molecule has 1 saturated heterocycles. The molecule has 204 valence electrons. The normalized spacial score (nSPS) is 17.4. The van der Waals surface area contributed by atoms with Gasteiger partial charge in [-0.3, -0.25) is 4.79 Å². The summed E-state index contributed by atoms with van der Waals surface area (Å²) in [6.45, 7) is 7.21. The van der Waals surface area contributed by atoms with Gasteiger partial charge in [0.25, 0.3) is 15.9 Å². The van der Waals surface area contributed by atoms with E-state index in [0.717, 1.165) is 5.56 Å². The number of amides is 1. The zero-order valence-corrected chi connectivity index (χ0v) is 23.6. The van der Waals surface area contributed by atoms with Gasteiger partial charge in [0.05, 0.1) is 4.90 Å². The summed E-state index contributed by atoms with van der Waals surface area (Å²) in [7, 11) is -7.39. The summed E-state index contributed by atoms with van der Waals surface area (Å²) < 4.78 is 56.1. The van der Waals surface area contributed by atoms with Crippen LogP contribution in [0.15, 0.2) is 87.0 Å².